The summed E-state index contributed by atoms with van der Waals surface area (Å²) in [6, 6.07) is 1.80. The van der Waals surface area contributed by atoms with Gasteiger partial charge in [-0.1, -0.05) is 0 Å². The van der Waals surface area contributed by atoms with E-state index in [0.717, 1.165) is 22.6 Å². The second kappa shape index (κ2) is 6.75. The Morgan fingerprint density at radius 3 is 2.96 bits per heavy atom. The van der Waals surface area contributed by atoms with Crippen molar-refractivity contribution in [3.05, 3.63) is 45.7 Å². The van der Waals surface area contributed by atoms with Gasteiger partial charge in [0.05, 0.1) is 25.0 Å². The molecule has 0 atom stereocenters. The van der Waals surface area contributed by atoms with E-state index in [1.807, 2.05) is 19.2 Å². The summed E-state index contributed by atoms with van der Waals surface area (Å²) >= 11 is 1.33. The lowest BCUT2D eigenvalue weighted by Crippen LogP contribution is -2.24. The molecule has 3 aromatic rings. The van der Waals surface area contributed by atoms with Crippen LogP contribution in [-0.4, -0.2) is 38.2 Å². The van der Waals surface area contributed by atoms with Crippen molar-refractivity contribution in [3.8, 4) is 11.4 Å². The van der Waals surface area contributed by atoms with Crippen molar-refractivity contribution in [3.63, 3.8) is 0 Å². The predicted molar refractivity (Wildman–Crippen MR) is 88.5 cm³/mol. The average Bonchev–Trinajstić information content (AvgIpc) is 3.25. The Bertz CT molecular complexity index is 859. The number of aromatic nitrogens is 5. The van der Waals surface area contributed by atoms with E-state index in [1.54, 1.807) is 19.4 Å². The summed E-state index contributed by atoms with van der Waals surface area (Å²) in [4.78, 5) is 17.4. The van der Waals surface area contributed by atoms with E-state index in [1.165, 1.54) is 22.3 Å². The Labute approximate surface area is 142 Å². The first-order valence-corrected chi connectivity index (χ1v) is 8.08. The van der Waals surface area contributed by atoms with E-state index in [-0.39, 0.29) is 5.91 Å². The van der Waals surface area contributed by atoms with Gasteiger partial charge in [0.25, 0.3) is 5.91 Å². The number of methoxy groups -OCH3 is 1. The molecule has 1 amide bonds. The zero-order valence-corrected chi connectivity index (χ0v) is 14.3. The molecule has 0 saturated carbocycles. The minimum Gasteiger partial charge on any atom is -0.496 e. The second-order valence-corrected chi connectivity index (χ2v) is 6.03. The summed E-state index contributed by atoms with van der Waals surface area (Å²) in [7, 11) is 1.63. The molecule has 124 valence electrons. The third kappa shape index (κ3) is 2.98. The molecule has 0 radical (unpaired) electrons. The van der Waals surface area contributed by atoms with Crippen LogP contribution >= 0.6 is 11.3 Å². The lowest BCUT2D eigenvalue weighted by Gasteiger charge is -2.12. The van der Waals surface area contributed by atoms with E-state index in [0.29, 0.717) is 17.1 Å². The molecule has 0 aliphatic rings. The lowest BCUT2D eigenvalue weighted by molar-refractivity contribution is 0.0954. The number of tetrazole rings is 1. The highest BCUT2D eigenvalue weighted by Gasteiger charge is 2.16. The van der Waals surface area contributed by atoms with Crippen LogP contribution in [0.1, 0.15) is 26.5 Å². The summed E-state index contributed by atoms with van der Waals surface area (Å²) in [5, 5.41) is 15.7. The molecule has 8 nitrogen and oxygen atoms in total. The highest BCUT2D eigenvalue weighted by molar-refractivity contribution is 7.12. The van der Waals surface area contributed by atoms with E-state index in [4.69, 9.17) is 4.74 Å². The number of carbonyl (C=O) groups excluding carboxylic acids is 1. The van der Waals surface area contributed by atoms with Crippen LogP contribution in [0.4, 0.5) is 0 Å². The molecule has 0 bridgehead atoms. The molecule has 0 spiro atoms. The molecular weight excluding hydrogens is 328 g/mol. The molecule has 0 saturated heterocycles. The minimum absolute atomic E-state index is 0.198. The highest BCUT2D eigenvalue weighted by Crippen LogP contribution is 2.24. The van der Waals surface area contributed by atoms with Crippen LogP contribution in [-0.2, 0) is 6.54 Å². The van der Waals surface area contributed by atoms with Crippen molar-refractivity contribution in [2.75, 3.05) is 7.11 Å². The molecule has 0 aromatic carbocycles. The average molecular weight is 344 g/mol. The van der Waals surface area contributed by atoms with Gasteiger partial charge in [-0.2, -0.15) is 4.68 Å². The molecular formula is C15H16N6O2S. The van der Waals surface area contributed by atoms with Crippen LogP contribution in [0, 0.1) is 13.8 Å². The van der Waals surface area contributed by atoms with Gasteiger partial charge in [0.15, 0.2) is 0 Å². The standard InChI is InChI=1S/C15H16N6O2S/c1-9-6-16-11(10(2)13(9)23-3)7-17-15(22)14-12(4-5-24-14)21-8-18-19-20-21/h4-6,8H,7H2,1-3H3,(H,17,22). The Morgan fingerprint density at radius 1 is 1.42 bits per heavy atom. The van der Waals surface area contributed by atoms with Crippen LogP contribution in [0.3, 0.4) is 0 Å². The van der Waals surface area contributed by atoms with Crippen LogP contribution in [0.5, 0.6) is 5.75 Å². The fraction of sp³-hybridized carbons (Fsp3) is 0.267. The second-order valence-electron chi connectivity index (χ2n) is 5.12. The van der Waals surface area contributed by atoms with Gasteiger partial charge in [-0.15, -0.1) is 16.4 Å². The highest BCUT2D eigenvalue weighted by atomic mass is 32.1. The number of pyridine rings is 1. The SMILES string of the molecule is COc1c(C)cnc(CNC(=O)c2sccc2-n2cnnn2)c1C. The number of aryl methyl sites for hydroxylation is 1. The van der Waals surface area contributed by atoms with Crippen molar-refractivity contribution in [2.45, 2.75) is 20.4 Å². The quantitative estimate of drug-likeness (QED) is 0.756. The van der Waals surface area contributed by atoms with Gasteiger partial charge in [-0.05, 0) is 35.7 Å². The number of rotatable bonds is 5. The smallest absolute Gasteiger partial charge is 0.263 e. The third-order valence-electron chi connectivity index (χ3n) is 3.61. The first-order chi connectivity index (χ1) is 11.6. The summed E-state index contributed by atoms with van der Waals surface area (Å²) in [5.74, 6) is 0.594. The van der Waals surface area contributed by atoms with Gasteiger partial charge in [0.1, 0.15) is 17.0 Å². The normalized spacial score (nSPS) is 10.6. The number of thiophene rings is 1. The molecule has 9 heteroatoms. The Kier molecular flexibility index (Phi) is 4.52. The van der Waals surface area contributed by atoms with E-state index >= 15 is 0 Å². The molecule has 0 fully saturated rings. The van der Waals surface area contributed by atoms with Gasteiger partial charge in [0.2, 0.25) is 0 Å². The Hall–Kier alpha value is -2.81. The topological polar surface area (TPSA) is 94.8 Å². The Morgan fingerprint density at radius 2 is 2.25 bits per heavy atom. The van der Waals surface area contributed by atoms with Crippen molar-refractivity contribution in [2.24, 2.45) is 0 Å². The summed E-state index contributed by atoms with van der Waals surface area (Å²) in [5.41, 5.74) is 3.30. The monoisotopic (exact) mass is 344 g/mol. The first kappa shape index (κ1) is 16.1. The molecule has 0 aliphatic carbocycles. The van der Waals surface area contributed by atoms with Gasteiger partial charge in [-0.3, -0.25) is 9.78 Å². The molecule has 0 unspecified atom stereocenters. The zero-order valence-electron chi connectivity index (χ0n) is 13.5. The van der Waals surface area contributed by atoms with Crippen molar-refractivity contribution < 1.29 is 9.53 Å². The number of nitrogens with zero attached hydrogens (tertiary/aromatic N) is 5. The molecule has 24 heavy (non-hydrogen) atoms. The van der Waals surface area contributed by atoms with Crippen molar-refractivity contribution in [1.82, 2.24) is 30.5 Å². The molecule has 3 heterocycles. The van der Waals surface area contributed by atoms with Gasteiger partial charge < -0.3 is 10.1 Å². The van der Waals surface area contributed by atoms with Gasteiger partial charge in [-0.25, -0.2) is 0 Å². The number of amides is 1. The fourth-order valence-corrected chi connectivity index (χ4v) is 3.21. The predicted octanol–water partition coefficient (Wildman–Crippen LogP) is 1.67. The fourth-order valence-electron chi connectivity index (χ4n) is 2.42. The van der Waals surface area contributed by atoms with Crippen molar-refractivity contribution >= 4 is 17.2 Å². The largest absolute Gasteiger partial charge is 0.496 e. The summed E-state index contributed by atoms with van der Waals surface area (Å²) < 4.78 is 6.85. The first-order valence-electron chi connectivity index (χ1n) is 7.20. The Balaban J connectivity index is 1.77. The number of nitrogens with one attached hydrogen (secondary N) is 1. The van der Waals surface area contributed by atoms with E-state index in [2.05, 4.69) is 25.8 Å². The van der Waals surface area contributed by atoms with Gasteiger partial charge >= 0.3 is 0 Å². The number of carbonyl (C=O) groups is 1. The molecule has 3 rings (SSSR count). The lowest BCUT2D eigenvalue weighted by atomic mass is 10.1. The van der Waals surface area contributed by atoms with Crippen LogP contribution in [0.2, 0.25) is 0 Å². The maximum Gasteiger partial charge on any atom is 0.263 e. The van der Waals surface area contributed by atoms with Crippen molar-refractivity contribution in [1.29, 1.82) is 0 Å². The summed E-state index contributed by atoms with van der Waals surface area (Å²) in [6.07, 6.45) is 3.19. The van der Waals surface area contributed by atoms with Crippen LogP contribution < -0.4 is 10.1 Å². The number of ether oxygens (including phenoxy) is 1. The number of hydrogen-bond donors (Lipinski definition) is 1. The van der Waals surface area contributed by atoms with E-state index in [9.17, 15) is 4.79 Å². The van der Waals surface area contributed by atoms with Crippen LogP contribution in [0.15, 0.2) is 24.0 Å². The zero-order chi connectivity index (χ0) is 17.1. The minimum atomic E-state index is -0.198. The van der Waals surface area contributed by atoms with Gasteiger partial charge in [0, 0.05) is 17.3 Å². The maximum atomic E-state index is 12.5. The maximum absolute atomic E-state index is 12.5. The molecule has 0 aliphatic heterocycles. The third-order valence-corrected chi connectivity index (χ3v) is 4.52. The van der Waals surface area contributed by atoms with Crippen LogP contribution in [0.25, 0.3) is 5.69 Å². The molecule has 1 N–H and O–H groups in total. The molecule has 3 aromatic heterocycles. The summed E-state index contributed by atoms with van der Waals surface area (Å²) in [6.45, 7) is 4.18. The number of hydrogen-bond acceptors (Lipinski definition) is 7. The van der Waals surface area contributed by atoms with E-state index < -0.39 is 0 Å².